The van der Waals surface area contributed by atoms with Crippen LogP contribution in [0.15, 0.2) is 33.6 Å². The number of nitriles is 1. The van der Waals surface area contributed by atoms with Gasteiger partial charge in [0.05, 0.1) is 23.9 Å². The van der Waals surface area contributed by atoms with Crippen LogP contribution < -0.4 is 10.2 Å². The van der Waals surface area contributed by atoms with Gasteiger partial charge in [-0.2, -0.15) is 5.26 Å². The molecule has 0 aliphatic carbocycles. The Kier molecular flexibility index (Phi) is 5.23. The SMILES string of the molecule is Cc1noc(C)c1Cn1c(C)c(C(=O)NCc2ccc(C#N)cc2)sc1=O. The molecule has 8 heteroatoms. The molecule has 3 rings (SSSR count). The minimum atomic E-state index is -0.295. The molecule has 0 saturated heterocycles. The quantitative estimate of drug-likeness (QED) is 0.731. The predicted molar refractivity (Wildman–Crippen MR) is 101 cm³/mol. The predicted octanol–water partition coefficient (Wildman–Crippen LogP) is 2.67. The number of hydrogen-bond acceptors (Lipinski definition) is 6. The highest BCUT2D eigenvalue weighted by Gasteiger charge is 2.19. The van der Waals surface area contributed by atoms with E-state index >= 15 is 0 Å². The molecule has 2 aromatic heterocycles. The molecule has 0 unspecified atom stereocenters. The first-order valence-electron chi connectivity index (χ1n) is 8.30. The van der Waals surface area contributed by atoms with Gasteiger partial charge in [-0.25, -0.2) is 0 Å². The van der Waals surface area contributed by atoms with Gasteiger partial charge in [-0.05, 0) is 38.5 Å². The molecule has 0 atom stereocenters. The number of benzene rings is 1. The molecule has 0 spiro atoms. The maximum atomic E-state index is 12.5. The van der Waals surface area contributed by atoms with E-state index in [4.69, 9.17) is 9.78 Å². The molecule has 0 fully saturated rings. The molecule has 138 valence electrons. The third-order valence-electron chi connectivity index (χ3n) is 4.38. The summed E-state index contributed by atoms with van der Waals surface area (Å²) in [7, 11) is 0. The number of nitrogens with one attached hydrogen (secondary N) is 1. The second-order valence-corrected chi connectivity index (χ2v) is 7.12. The van der Waals surface area contributed by atoms with Crippen LogP contribution in [0, 0.1) is 32.1 Å². The molecule has 0 bridgehead atoms. The molecule has 1 aromatic carbocycles. The van der Waals surface area contributed by atoms with Crippen molar-refractivity contribution in [3.63, 3.8) is 0 Å². The second-order valence-electron chi connectivity index (χ2n) is 6.16. The molecule has 0 radical (unpaired) electrons. The lowest BCUT2D eigenvalue weighted by Gasteiger charge is -2.07. The highest BCUT2D eigenvalue weighted by Crippen LogP contribution is 2.18. The number of hydrogen-bond donors (Lipinski definition) is 1. The summed E-state index contributed by atoms with van der Waals surface area (Å²) in [6.07, 6.45) is 0. The van der Waals surface area contributed by atoms with E-state index in [2.05, 4.69) is 16.5 Å². The highest BCUT2D eigenvalue weighted by atomic mass is 32.1. The summed E-state index contributed by atoms with van der Waals surface area (Å²) >= 11 is 0.925. The third-order valence-corrected chi connectivity index (χ3v) is 5.46. The summed E-state index contributed by atoms with van der Waals surface area (Å²) in [6, 6.07) is 9.03. The average Bonchev–Trinajstić information content (AvgIpc) is 3.14. The van der Waals surface area contributed by atoms with Crippen LogP contribution >= 0.6 is 11.3 Å². The van der Waals surface area contributed by atoms with Gasteiger partial charge in [0.2, 0.25) is 0 Å². The van der Waals surface area contributed by atoms with Crippen LogP contribution in [0.3, 0.4) is 0 Å². The minimum Gasteiger partial charge on any atom is -0.361 e. The summed E-state index contributed by atoms with van der Waals surface area (Å²) in [6.45, 7) is 6.02. The fourth-order valence-electron chi connectivity index (χ4n) is 2.72. The lowest BCUT2D eigenvalue weighted by molar-refractivity contribution is 0.0954. The van der Waals surface area contributed by atoms with Crippen molar-refractivity contribution in [2.45, 2.75) is 33.9 Å². The summed E-state index contributed by atoms with van der Waals surface area (Å²) in [4.78, 5) is 25.1. The van der Waals surface area contributed by atoms with Gasteiger partial charge in [0.1, 0.15) is 10.6 Å². The Morgan fingerprint density at radius 1 is 1.30 bits per heavy atom. The lowest BCUT2D eigenvalue weighted by Crippen LogP contribution is -2.23. The van der Waals surface area contributed by atoms with Crippen molar-refractivity contribution >= 4 is 17.2 Å². The van der Waals surface area contributed by atoms with Crippen LogP contribution in [-0.2, 0) is 13.1 Å². The number of aromatic nitrogens is 2. The van der Waals surface area contributed by atoms with Crippen LogP contribution in [0.4, 0.5) is 0 Å². The van der Waals surface area contributed by atoms with Gasteiger partial charge in [-0.3, -0.25) is 14.2 Å². The molecule has 2 heterocycles. The molecule has 0 aliphatic rings. The number of carbonyl (C=O) groups excluding carboxylic acids is 1. The van der Waals surface area contributed by atoms with Gasteiger partial charge in [0.15, 0.2) is 0 Å². The van der Waals surface area contributed by atoms with E-state index in [1.807, 2.05) is 6.92 Å². The van der Waals surface area contributed by atoms with Crippen molar-refractivity contribution < 1.29 is 9.32 Å². The number of thiazole rings is 1. The van der Waals surface area contributed by atoms with E-state index in [1.165, 1.54) is 0 Å². The Hall–Kier alpha value is -3.18. The first-order chi connectivity index (χ1) is 12.9. The zero-order valence-corrected chi connectivity index (χ0v) is 16.0. The van der Waals surface area contributed by atoms with Gasteiger partial charge in [-0.1, -0.05) is 28.6 Å². The van der Waals surface area contributed by atoms with Gasteiger partial charge >= 0.3 is 4.87 Å². The van der Waals surface area contributed by atoms with E-state index in [0.29, 0.717) is 35.0 Å². The van der Waals surface area contributed by atoms with Crippen molar-refractivity contribution in [3.8, 4) is 6.07 Å². The summed E-state index contributed by atoms with van der Waals surface area (Å²) in [5.41, 5.74) is 3.64. The van der Waals surface area contributed by atoms with Crippen molar-refractivity contribution in [2.75, 3.05) is 0 Å². The fourth-order valence-corrected chi connectivity index (χ4v) is 3.62. The fraction of sp³-hybridized carbons (Fsp3) is 0.263. The highest BCUT2D eigenvalue weighted by molar-refractivity contribution is 7.11. The third kappa shape index (κ3) is 3.83. The molecule has 7 nitrogen and oxygen atoms in total. The smallest absolute Gasteiger partial charge is 0.308 e. The molecule has 1 amide bonds. The largest absolute Gasteiger partial charge is 0.361 e. The Morgan fingerprint density at radius 2 is 2.00 bits per heavy atom. The van der Waals surface area contributed by atoms with E-state index < -0.39 is 0 Å². The normalized spacial score (nSPS) is 10.6. The summed E-state index contributed by atoms with van der Waals surface area (Å²) in [5, 5.41) is 15.5. The standard InChI is InChI=1S/C19H18N4O3S/c1-11-16(13(3)26-22-11)10-23-12(2)17(27-19(23)25)18(24)21-9-15-6-4-14(8-20)5-7-15/h4-7H,9-10H2,1-3H3,(H,21,24). The number of amides is 1. The molecular formula is C19H18N4O3S. The number of nitrogens with zero attached hydrogens (tertiary/aromatic N) is 3. The van der Waals surface area contributed by atoms with Crippen molar-refractivity contribution in [1.29, 1.82) is 5.26 Å². The maximum Gasteiger partial charge on any atom is 0.308 e. The van der Waals surface area contributed by atoms with Crippen LogP contribution in [0.5, 0.6) is 0 Å². The molecule has 27 heavy (non-hydrogen) atoms. The van der Waals surface area contributed by atoms with Gasteiger partial charge in [-0.15, -0.1) is 0 Å². The second kappa shape index (κ2) is 7.60. The minimum absolute atomic E-state index is 0.198. The zero-order chi connectivity index (χ0) is 19.6. The Morgan fingerprint density at radius 3 is 2.59 bits per heavy atom. The lowest BCUT2D eigenvalue weighted by atomic mass is 10.1. The number of aryl methyl sites for hydroxylation is 2. The first kappa shape index (κ1) is 18.6. The zero-order valence-electron chi connectivity index (χ0n) is 15.2. The molecule has 0 aliphatic heterocycles. The molecule has 3 aromatic rings. The monoisotopic (exact) mass is 382 g/mol. The van der Waals surface area contributed by atoms with Gasteiger partial charge in [0, 0.05) is 17.8 Å². The van der Waals surface area contributed by atoms with Crippen LogP contribution in [0.1, 0.15) is 43.5 Å². The Balaban J connectivity index is 1.76. The van der Waals surface area contributed by atoms with Gasteiger partial charge < -0.3 is 9.84 Å². The number of rotatable bonds is 5. The van der Waals surface area contributed by atoms with E-state index in [9.17, 15) is 9.59 Å². The van der Waals surface area contributed by atoms with Gasteiger partial charge in [0.25, 0.3) is 5.91 Å². The van der Waals surface area contributed by atoms with Crippen LogP contribution in [0.2, 0.25) is 0 Å². The van der Waals surface area contributed by atoms with Crippen molar-refractivity contribution in [2.24, 2.45) is 0 Å². The van der Waals surface area contributed by atoms with E-state index in [-0.39, 0.29) is 10.8 Å². The van der Waals surface area contributed by atoms with E-state index in [0.717, 1.165) is 28.2 Å². The molecule has 1 N–H and O–H groups in total. The number of carbonyl (C=O) groups is 1. The topological polar surface area (TPSA) is 101 Å². The Labute approximate surface area is 159 Å². The summed E-state index contributed by atoms with van der Waals surface area (Å²) in [5.74, 6) is 0.369. The Bertz CT molecular complexity index is 1060. The van der Waals surface area contributed by atoms with E-state index in [1.54, 1.807) is 42.7 Å². The van der Waals surface area contributed by atoms with Crippen LogP contribution in [-0.4, -0.2) is 15.6 Å². The van der Waals surface area contributed by atoms with Crippen molar-refractivity contribution in [3.05, 3.63) is 72.6 Å². The first-order valence-corrected chi connectivity index (χ1v) is 9.11. The average molecular weight is 382 g/mol. The maximum absolute atomic E-state index is 12.5. The molecule has 0 saturated carbocycles. The summed E-state index contributed by atoms with van der Waals surface area (Å²) < 4.78 is 6.71. The van der Waals surface area contributed by atoms with Crippen LogP contribution in [0.25, 0.3) is 0 Å². The molecular weight excluding hydrogens is 364 g/mol. The van der Waals surface area contributed by atoms with Crippen molar-refractivity contribution in [1.82, 2.24) is 15.0 Å².